The van der Waals surface area contributed by atoms with Gasteiger partial charge in [0.05, 0.1) is 11.0 Å². The molecule has 2 nitrogen and oxygen atoms in total. The van der Waals surface area contributed by atoms with Gasteiger partial charge in [-0.05, 0) is 160 Å². The summed E-state index contributed by atoms with van der Waals surface area (Å²) >= 11 is 0. The van der Waals surface area contributed by atoms with E-state index in [1.54, 1.807) is 0 Å². The highest BCUT2D eigenvalue weighted by Gasteiger charge is 2.37. The molecule has 15 rings (SSSR count). The van der Waals surface area contributed by atoms with Crippen LogP contribution in [0, 0.1) is 0 Å². The van der Waals surface area contributed by atoms with Crippen molar-refractivity contribution in [3.63, 3.8) is 0 Å². The predicted molar refractivity (Wildman–Crippen MR) is 314 cm³/mol. The van der Waals surface area contributed by atoms with E-state index in [0.29, 0.717) is 0 Å². The molecule has 12 aromatic carbocycles. The molecule has 0 atom stereocenters. The Morgan fingerprint density at radius 2 is 0.730 bits per heavy atom. The van der Waals surface area contributed by atoms with Gasteiger partial charge in [-0.3, -0.25) is 0 Å². The summed E-state index contributed by atoms with van der Waals surface area (Å²) in [5.41, 5.74) is 22.3. The summed E-state index contributed by atoms with van der Waals surface area (Å²) < 4.78 is 2.53. The number of fused-ring (bicyclic) bond motifs is 16. The first-order valence-corrected chi connectivity index (χ1v) is 26.1. The van der Waals surface area contributed by atoms with Gasteiger partial charge in [-0.25, -0.2) is 0 Å². The Morgan fingerprint density at radius 1 is 0.284 bits per heavy atom. The minimum absolute atomic E-state index is 0.112. The lowest BCUT2D eigenvalue weighted by Crippen LogP contribution is -2.16. The molecular weight excluding hydrogens is 893 g/mol. The van der Waals surface area contributed by atoms with Gasteiger partial charge in [-0.2, -0.15) is 0 Å². The molecule has 0 amide bonds. The highest BCUT2D eigenvalue weighted by atomic mass is 15.1. The van der Waals surface area contributed by atoms with Gasteiger partial charge in [0, 0.05) is 49.7 Å². The Bertz CT molecular complexity index is 4400. The van der Waals surface area contributed by atoms with Crippen LogP contribution in [0.3, 0.4) is 0 Å². The maximum Gasteiger partial charge on any atom is 0.0547 e. The second kappa shape index (κ2) is 15.8. The molecule has 74 heavy (non-hydrogen) atoms. The normalized spacial score (nSPS) is 13.9. The quantitative estimate of drug-likeness (QED) is 0.151. The first kappa shape index (κ1) is 42.7. The van der Waals surface area contributed by atoms with Crippen molar-refractivity contribution in [2.45, 2.75) is 38.5 Å². The van der Waals surface area contributed by atoms with Crippen LogP contribution in [0.25, 0.3) is 104 Å². The third-order valence-electron chi connectivity index (χ3n) is 17.0. The van der Waals surface area contributed by atoms with Gasteiger partial charge in [-0.15, -0.1) is 0 Å². The smallest absolute Gasteiger partial charge is 0.0547 e. The lowest BCUT2D eigenvalue weighted by atomic mass is 9.82. The second-order valence-electron chi connectivity index (χ2n) is 21.6. The Kier molecular flexibility index (Phi) is 9.09. The van der Waals surface area contributed by atoms with Crippen molar-refractivity contribution in [1.29, 1.82) is 0 Å². The molecule has 0 bridgehead atoms. The molecule has 1 aromatic heterocycles. The third kappa shape index (κ3) is 6.12. The second-order valence-corrected chi connectivity index (χ2v) is 21.6. The summed E-state index contributed by atoms with van der Waals surface area (Å²) in [5, 5.41) is 10.4. The van der Waals surface area contributed by atoms with Crippen molar-refractivity contribution < 1.29 is 0 Å². The van der Waals surface area contributed by atoms with Crippen LogP contribution in [0.1, 0.15) is 49.9 Å². The topological polar surface area (TPSA) is 8.17 Å². The zero-order valence-electron chi connectivity index (χ0n) is 42.0. The lowest BCUT2D eigenvalue weighted by Gasteiger charge is -2.28. The van der Waals surface area contributed by atoms with E-state index in [1.807, 2.05) is 0 Å². The number of hydrogen-bond donors (Lipinski definition) is 0. The van der Waals surface area contributed by atoms with Gasteiger partial charge in [0.15, 0.2) is 0 Å². The van der Waals surface area contributed by atoms with Gasteiger partial charge in [-0.1, -0.05) is 204 Å². The molecule has 0 unspecified atom stereocenters. The Labute approximate surface area is 432 Å². The molecule has 0 spiro atoms. The van der Waals surface area contributed by atoms with Crippen LogP contribution in [-0.2, 0) is 10.8 Å². The number of hydrogen-bond acceptors (Lipinski definition) is 1. The molecule has 13 aromatic rings. The number of nitrogens with zero attached hydrogens (tertiary/aromatic N) is 2. The largest absolute Gasteiger partial charge is 0.310 e. The van der Waals surface area contributed by atoms with Crippen molar-refractivity contribution in [3.05, 3.63) is 265 Å². The molecule has 0 saturated carbocycles. The van der Waals surface area contributed by atoms with Gasteiger partial charge >= 0.3 is 0 Å². The molecule has 0 aliphatic heterocycles. The average Bonchev–Trinajstić information content (AvgIpc) is 4.00. The molecule has 1 heterocycles. The molecule has 0 saturated heterocycles. The average molecular weight is 945 g/mol. The molecule has 350 valence electrons. The number of rotatable bonds is 6. The fraction of sp³-hybridized carbons (Fsp3) is 0.0833. The van der Waals surface area contributed by atoms with Crippen molar-refractivity contribution in [2.75, 3.05) is 4.90 Å². The monoisotopic (exact) mass is 944 g/mol. The summed E-state index contributed by atoms with van der Waals surface area (Å²) in [4.78, 5) is 2.41. The third-order valence-corrected chi connectivity index (χ3v) is 17.0. The number of aromatic nitrogens is 1. The van der Waals surface area contributed by atoms with Gasteiger partial charge in [0.25, 0.3) is 0 Å². The minimum Gasteiger partial charge on any atom is -0.310 e. The fourth-order valence-corrected chi connectivity index (χ4v) is 13.3. The van der Waals surface area contributed by atoms with Crippen molar-refractivity contribution in [2.24, 2.45) is 0 Å². The van der Waals surface area contributed by atoms with E-state index in [1.165, 1.54) is 121 Å². The van der Waals surface area contributed by atoms with Gasteiger partial charge < -0.3 is 9.47 Å². The zero-order valence-corrected chi connectivity index (χ0v) is 42.0. The van der Waals surface area contributed by atoms with E-state index in [2.05, 4.69) is 280 Å². The maximum atomic E-state index is 2.53. The van der Waals surface area contributed by atoms with Crippen LogP contribution in [0.4, 0.5) is 17.1 Å². The van der Waals surface area contributed by atoms with Crippen molar-refractivity contribution >= 4 is 71.2 Å². The first-order valence-electron chi connectivity index (χ1n) is 26.1. The standard InChI is InChI=1S/C72H52N2/c1-71(2)63-24-14-12-21-56(63)58-39-38-52(42-65(58)71)73(49-32-26-46(27-33-49)45-16-6-5-7-17-45)50-34-28-47(29-35-50)48-30-36-51(37-31-48)74-67-41-40-60-55-20-9-8-18-53(55)54-19-10-11-23-59(54)69(60)70(67)62-43-61-57-22-13-15-25-64(57)72(3,4)66(61)44-68(62)74/h5-44H,1-4H3. The lowest BCUT2D eigenvalue weighted by molar-refractivity contribution is 0.660. The molecule has 0 N–H and O–H groups in total. The summed E-state index contributed by atoms with van der Waals surface area (Å²) in [5.74, 6) is 0. The fourth-order valence-electron chi connectivity index (χ4n) is 13.3. The predicted octanol–water partition coefficient (Wildman–Crippen LogP) is 19.7. The number of benzene rings is 12. The van der Waals surface area contributed by atoms with E-state index in [9.17, 15) is 0 Å². The number of anilines is 3. The molecule has 0 fully saturated rings. The SMILES string of the molecule is CC1(C)c2ccccc2-c2ccc(N(c3ccc(-c4ccccc4)cc3)c3ccc(-c4ccc(-n5c6cc7c(cc6c6c8c9ccccc9c9ccccc9c8ccc65)-c5ccccc5C7(C)C)cc4)cc3)cc21. The molecule has 0 radical (unpaired) electrons. The van der Waals surface area contributed by atoms with E-state index in [0.717, 1.165) is 22.7 Å². The van der Waals surface area contributed by atoms with Crippen molar-refractivity contribution in [1.82, 2.24) is 4.57 Å². The van der Waals surface area contributed by atoms with Crippen LogP contribution in [0.15, 0.2) is 243 Å². The van der Waals surface area contributed by atoms with Crippen LogP contribution in [0.2, 0.25) is 0 Å². The van der Waals surface area contributed by atoms with Crippen LogP contribution < -0.4 is 4.90 Å². The Balaban J connectivity index is 0.860. The zero-order chi connectivity index (χ0) is 49.5. The van der Waals surface area contributed by atoms with Crippen LogP contribution in [0.5, 0.6) is 0 Å². The van der Waals surface area contributed by atoms with E-state index >= 15 is 0 Å². The van der Waals surface area contributed by atoms with Crippen LogP contribution >= 0.6 is 0 Å². The molecule has 2 aliphatic rings. The molecule has 2 aliphatic carbocycles. The highest BCUT2D eigenvalue weighted by molar-refractivity contribution is 6.35. The van der Waals surface area contributed by atoms with E-state index < -0.39 is 0 Å². The van der Waals surface area contributed by atoms with Gasteiger partial charge in [0.2, 0.25) is 0 Å². The maximum absolute atomic E-state index is 2.53. The molecular formula is C72H52N2. The molecule has 2 heteroatoms. The summed E-state index contributed by atoms with van der Waals surface area (Å²) in [6.45, 7) is 9.49. The highest BCUT2D eigenvalue weighted by Crippen LogP contribution is 2.54. The van der Waals surface area contributed by atoms with E-state index in [-0.39, 0.29) is 10.8 Å². The first-order chi connectivity index (χ1) is 36.2. The van der Waals surface area contributed by atoms with E-state index in [4.69, 9.17) is 0 Å². The minimum atomic E-state index is -0.132. The summed E-state index contributed by atoms with van der Waals surface area (Å²) in [7, 11) is 0. The van der Waals surface area contributed by atoms with Gasteiger partial charge in [0.1, 0.15) is 0 Å². The Hall–Kier alpha value is -8.98. The van der Waals surface area contributed by atoms with Crippen molar-refractivity contribution in [3.8, 4) is 50.2 Å². The summed E-state index contributed by atoms with van der Waals surface area (Å²) in [6.07, 6.45) is 0. The summed E-state index contributed by atoms with van der Waals surface area (Å²) in [6, 6.07) is 90.7. The Morgan fingerprint density at radius 3 is 1.34 bits per heavy atom. The van der Waals surface area contributed by atoms with Crippen LogP contribution in [-0.4, -0.2) is 4.57 Å².